The minimum atomic E-state index is -0.0820. The summed E-state index contributed by atoms with van der Waals surface area (Å²) in [5.74, 6) is 0.750. The van der Waals surface area contributed by atoms with Crippen molar-refractivity contribution in [2.45, 2.75) is 19.3 Å². The number of hydrogen-bond donors (Lipinski definition) is 1. The van der Waals surface area contributed by atoms with Crippen LogP contribution in [0.3, 0.4) is 0 Å². The highest BCUT2D eigenvalue weighted by Gasteiger charge is 2.03. The highest BCUT2D eigenvalue weighted by Crippen LogP contribution is 2.17. The van der Waals surface area contributed by atoms with Crippen LogP contribution in [0.15, 0.2) is 24.3 Å². The molecule has 4 heteroatoms. The number of carbonyl (C=O) groups excluding carboxylic acids is 1. The molecule has 0 bridgehead atoms. The minimum absolute atomic E-state index is 0.0820. The van der Waals surface area contributed by atoms with Crippen LogP contribution in [0, 0.1) is 11.3 Å². The molecule has 17 heavy (non-hydrogen) atoms. The Balaban J connectivity index is 2.36. The molecule has 0 aliphatic heterocycles. The number of nitrogens with one attached hydrogen (secondary N) is 1. The molecule has 90 valence electrons. The Bertz CT molecular complexity index is 410. The Morgan fingerprint density at radius 1 is 1.47 bits per heavy atom. The van der Waals surface area contributed by atoms with Crippen LogP contribution in [0.5, 0.6) is 5.75 Å². The van der Waals surface area contributed by atoms with E-state index in [1.165, 1.54) is 0 Å². The maximum absolute atomic E-state index is 11.3. The largest absolute Gasteiger partial charge is 0.496 e. The van der Waals surface area contributed by atoms with E-state index in [1.807, 2.05) is 30.3 Å². The summed E-state index contributed by atoms with van der Waals surface area (Å²) in [6.07, 6.45) is 1.26. The smallest absolute Gasteiger partial charge is 0.221 e. The number of ether oxygens (including phenoxy) is 1. The topological polar surface area (TPSA) is 62.1 Å². The van der Waals surface area contributed by atoms with E-state index < -0.39 is 0 Å². The molecular formula is C13H16N2O2. The maximum Gasteiger partial charge on any atom is 0.221 e. The van der Waals surface area contributed by atoms with Crippen LogP contribution >= 0.6 is 0 Å². The Kier molecular flexibility index (Phi) is 5.59. The molecule has 0 aromatic heterocycles. The number of benzene rings is 1. The van der Waals surface area contributed by atoms with E-state index in [4.69, 9.17) is 10.00 Å². The summed E-state index contributed by atoms with van der Waals surface area (Å²) in [7, 11) is 1.63. The minimum Gasteiger partial charge on any atom is -0.496 e. The van der Waals surface area contributed by atoms with Crippen molar-refractivity contribution in [3.05, 3.63) is 29.8 Å². The van der Waals surface area contributed by atoms with Crippen molar-refractivity contribution in [2.75, 3.05) is 13.7 Å². The number of methoxy groups -OCH3 is 1. The molecule has 4 nitrogen and oxygen atoms in total. The van der Waals surface area contributed by atoms with Gasteiger partial charge in [-0.15, -0.1) is 0 Å². The molecule has 1 rings (SSSR count). The zero-order chi connectivity index (χ0) is 12.5. The normalized spacial score (nSPS) is 9.41. The fourth-order valence-corrected chi connectivity index (χ4v) is 1.50. The molecule has 0 heterocycles. The first-order valence-corrected chi connectivity index (χ1v) is 5.53. The van der Waals surface area contributed by atoms with Gasteiger partial charge in [0.2, 0.25) is 5.91 Å². The second kappa shape index (κ2) is 7.29. The summed E-state index contributed by atoms with van der Waals surface area (Å²) in [4.78, 5) is 11.3. The predicted molar refractivity (Wildman–Crippen MR) is 64.6 cm³/mol. The zero-order valence-corrected chi connectivity index (χ0v) is 9.90. The highest BCUT2D eigenvalue weighted by atomic mass is 16.5. The molecule has 0 fully saturated rings. The van der Waals surface area contributed by atoms with Crippen molar-refractivity contribution in [2.24, 2.45) is 0 Å². The molecule has 0 unspecified atom stereocenters. The molecule has 0 aliphatic carbocycles. The Labute approximate surface area is 101 Å². The fraction of sp³-hybridized carbons (Fsp3) is 0.385. The summed E-state index contributed by atoms with van der Waals surface area (Å²) in [5, 5.41) is 11.1. The van der Waals surface area contributed by atoms with Gasteiger partial charge in [0.05, 0.1) is 13.2 Å². The van der Waals surface area contributed by atoms with Gasteiger partial charge in [0, 0.05) is 19.4 Å². The average molecular weight is 232 g/mol. The van der Waals surface area contributed by atoms with Crippen LogP contribution in [0.25, 0.3) is 0 Å². The molecular weight excluding hydrogens is 216 g/mol. The molecule has 1 aromatic carbocycles. The number of para-hydroxylation sites is 1. The van der Waals surface area contributed by atoms with Crippen molar-refractivity contribution < 1.29 is 9.53 Å². The quantitative estimate of drug-likeness (QED) is 0.811. The standard InChI is InChI=1S/C13H16N2O2/c1-17-12-6-3-2-5-11(12)8-10-15-13(16)7-4-9-14/h2-3,5-6H,4,7-8,10H2,1H3,(H,15,16). The van der Waals surface area contributed by atoms with Crippen molar-refractivity contribution in [1.82, 2.24) is 5.32 Å². The monoisotopic (exact) mass is 232 g/mol. The maximum atomic E-state index is 11.3. The number of nitriles is 1. The number of hydrogen-bond acceptors (Lipinski definition) is 3. The summed E-state index contributed by atoms with van der Waals surface area (Å²) < 4.78 is 5.21. The lowest BCUT2D eigenvalue weighted by Crippen LogP contribution is -2.25. The van der Waals surface area contributed by atoms with E-state index in [1.54, 1.807) is 7.11 Å². The van der Waals surface area contributed by atoms with E-state index in [0.717, 1.165) is 17.7 Å². The van der Waals surface area contributed by atoms with Crippen LogP contribution in [-0.4, -0.2) is 19.6 Å². The SMILES string of the molecule is COc1ccccc1CCNC(=O)CCC#N. The molecule has 1 amide bonds. The second-order valence-electron chi connectivity index (χ2n) is 3.57. The number of nitrogens with zero attached hydrogens (tertiary/aromatic N) is 1. The van der Waals surface area contributed by atoms with Gasteiger partial charge in [-0.3, -0.25) is 4.79 Å². The third-order valence-electron chi connectivity index (χ3n) is 2.37. The summed E-state index contributed by atoms with van der Waals surface area (Å²) >= 11 is 0. The Morgan fingerprint density at radius 3 is 2.94 bits per heavy atom. The van der Waals surface area contributed by atoms with Crippen molar-refractivity contribution in [3.8, 4) is 11.8 Å². The van der Waals surface area contributed by atoms with E-state index >= 15 is 0 Å². The van der Waals surface area contributed by atoms with Gasteiger partial charge in [0.1, 0.15) is 5.75 Å². The van der Waals surface area contributed by atoms with Gasteiger partial charge in [0.25, 0.3) is 0 Å². The lowest BCUT2D eigenvalue weighted by Gasteiger charge is -2.08. The third-order valence-corrected chi connectivity index (χ3v) is 2.37. The van der Waals surface area contributed by atoms with E-state index in [0.29, 0.717) is 6.54 Å². The molecule has 1 N–H and O–H groups in total. The molecule has 0 spiro atoms. The van der Waals surface area contributed by atoms with E-state index in [2.05, 4.69) is 5.32 Å². The molecule has 0 saturated carbocycles. The first-order chi connectivity index (χ1) is 8.27. The average Bonchev–Trinajstić information content (AvgIpc) is 2.37. The summed E-state index contributed by atoms with van der Waals surface area (Å²) in [5.41, 5.74) is 1.07. The molecule has 1 aromatic rings. The number of amides is 1. The number of carbonyl (C=O) groups is 1. The van der Waals surface area contributed by atoms with Gasteiger partial charge < -0.3 is 10.1 Å². The van der Waals surface area contributed by atoms with Crippen LogP contribution in [0.4, 0.5) is 0 Å². The van der Waals surface area contributed by atoms with Gasteiger partial charge in [0.15, 0.2) is 0 Å². The highest BCUT2D eigenvalue weighted by molar-refractivity contribution is 5.76. The van der Waals surface area contributed by atoms with Gasteiger partial charge in [-0.1, -0.05) is 18.2 Å². The van der Waals surface area contributed by atoms with Crippen molar-refractivity contribution in [3.63, 3.8) is 0 Å². The molecule has 0 saturated heterocycles. The van der Waals surface area contributed by atoms with E-state index in [-0.39, 0.29) is 18.7 Å². The van der Waals surface area contributed by atoms with Gasteiger partial charge in [-0.2, -0.15) is 5.26 Å². The summed E-state index contributed by atoms with van der Waals surface area (Å²) in [6, 6.07) is 9.66. The number of rotatable bonds is 6. The van der Waals surface area contributed by atoms with Crippen LogP contribution in [0.2, 0.25) is 0 Å². The summed E-state index contributed by atoms with van der Waals surface area (Å²) in [6.45, 7) is 0.560. The Hall–Kier alpha value is -2.02. The first-order valence-electron chi connectivity index (χ1n) is 5.53. The third kappa shape index (κ3) is 4.56. The first kappa shape index (κ1) is 13.0. The zero-order valence-electron chi connectivity index (χ0n) is 9.90. The lowest BCUT2D eigenvalue weighted by atomic mass is 10.1. The van der Waals surface area contributed by atoms with Crippen LogP contribution < -0.4 is 10.1 Å². The van der Waals surface area contributed by atoms with Crippen LogP contribution in [-0.2, 0) is 11.2 Å². The van der Waals surface area contributed by atoms with Gasteiger partial charge >= 0.3 is 0 Å². The fourth-order valence-electron chi connectivity index (χ4n) is 1.50. The molecule has 0 atom stereocenters. The lowest BCUT2D eigenvalue weighted by molar-refractivity contribution is -0.120. The molecule has 0 radical (unpaired) electrons. The van der Waals surface area contributed by atoms with Crippen LogP contribution in [0.1, 0.15) is 18.4 Å². The molecule has 0 aliphatic rings. The van der Waals surface area contributed by atoms with Crippen molar-refractivity contribution in [1.29, 1.82) is 5.26 Å². The second-order valence-corrected chi connectivity index (χ2v) is 3.57. The predicted octanol–water partition coefficient (Wildman–Crippen LogP) is 1.66. The Morgan fingerprint density at radius 2 is 2.24 bits per heavy atom. The van der Waals surface area contributed by atoms with Gasteiger partial charge in [-0.05, 0) is 18.1 Å². The van der Waals surface area contributed by atoms with E-state index in [9.17, 15) is 4.79 Å². The van der Waals surface area contributed by atoms with Crippen molar-refractivity contribution >= 4 is 5.91 Å². The van der Waals surface area contributed by atoms with Gasteiger partial charge in [-0.25, -0.2) is 0 Å².